The van der Waals surface area contributed by atoms with Gasteiger partial charge in [-0.05, 0) is 29.7 Å². The van der Waals surface area contributed by atoms with Gasteiger partial charge in [0.15, 0.2) is 0 Å². The van der Waals surface area contributed by atoms with Crippen molar-refractivity contribution in [1.29, 1.82) is 0 Å². The minimum atomic E-state index is -0.221. The summed E-state index contributed by atoms with van der Waals surface area (Å²) in [6.07, 6.45) is 3.39. The molecule has 3 heterocycles. The van der Waals surface area contributed by atoms with Crippen molar-refractivity contribution < 1.29 is 14.7 Å². The van der Waals surface area contributed by atoms with Gasteiger partial charge in [0.05, 0.1) is 12.4 Å². The first-order chi connectivity index (χ1) is 14.0. The lowest BCUT2D eigenvalue weighted by molar-refractivity contribution is -0.132. The molecule has 1 aromatic rings. The number of fused-ring (bicyclic) bond motifs is 2. The minimum Gasteiger partial charge on any atom is -0.396 e. The fourth-order valence-electron chi connectivity index (χ4n) is 5.21. The summed E-state index contributed by atoms with van der Waals surface area (Å²) < 4.78 is 0. The maximum absolute atomic E-state index is 12.8. The van der Waals surface area contributed by atoms with Gasteiger partial charge in [-0.2, -0.15) is 11.8 Å². The van der Waals surface area contributed by atoms with Crippen LogP contribution in [-0.2, 0) is 22.6 Å². The normalized spacial score (nSPS) is 26.5. The SMILES string of the molecule is CSCC(=O)N1CC2CN(CCC(=O)N3CCc4ccccc4C3)CC2(CO)C1. The summed E-state index contributed by atoms with van der Waals surface area (Å²) in [5.74, 6) is 1.19. The second kappa shape index (κ2) is 8.66. The molecule has 0 saturated carbocycles. The molecular formula is C22H31N3O3S. The smallest absolute Gasteiger partial charge is 0.232 e. The zero-order valence-corrected chi connectivity index (χ0v) is 18.0. The molecule has 3 aliphatic heterocycles. The van der Waals surface area contributed by atoms with Gasteiger partial charge in [-0.15, -0.1) is 0 Å². The first kappa shape index (κ1) is 20.7. The Kier molecular flexibility index (Phi) is 6.18. The Morgan fingerprint density at radius 2 is 1.93 bits per heavy atom. The Morgan fingerprint density at radius 1 is 1.14 bits per heavy atom. The highest BCUT2D eigenvalue weighted by Crippen LogP contribution is 2.42. The van der Waals surface area contributed by atoms with E-state index in [1.807, 2.05) is 22.1 Å². The van der Waals surface area contributed by atoms with Gasteiger partial charge >= 0.3 is 0 Å². The fraction of sp³-hybridized carbons (Fsp3) is 0.636. The highest BCUT2D eigenvalue weighted by molar-refractivity contribution is 7.99. The van der Waals surface area contributed by atoms with Crippen LogP contribution in [0, 0.1) is 11.3 Å². The highest BCUT2D eigenvalue weighted by atomic mass is 32.2. The lowest BCUT2D eigenvalue weighted by Crippen LogP contribution is -2.41. The lowest BCUT2D eigenvalue weighted by Gasteiger charge is -2.30. The van der Waals surface area contributed by atoms with Crippen molar-refractivity contribution in [2.75, 3.05) is 57.9 Å². The van der Waals surface area contributed by atoms with Crippen molar-refractivity contribution in [3.05, 3.63) is 35.4 Å². The molecule has 2 fully saturated rings. The minimum absolute atomic E-state index is 0.105. The molecule has 0 aliphatic carbocycles. The van der Waals surface area contributed by atoms with E-state index in [0.29, 0.717) is 31.2 Å². The summed E-state index contributed by atoms with van der Waals surface area (Å²) in [5, 5.41) is 10.1. The quantitative estimate of drug-likeness (QED) is 0.750. The molecule has 6 nitrogen and oxygen atoms in total. The van der Waals surface area contributed by atoms with Crippen LogP contribution in [0.5, 0.6) is 0 Å². The molecule has 7 heteroatoms. The first-order valence-electron chi connectivity index (χ1n) is 10.5. The molecule has 2 unspecified atom stereocenters. The van der Waals surface area contributed by atoms with Crippen molar-refractivity contribution in [3.63, 3.8) is 0 Å². The van der Waals surface area contributed by atoms with E-state index in [0.717, 1.165) is 39.1 Å². The third-order valence-electron chi connectivity index (χ3n) is 6.89. The number of carbonyl (C=O) groups is 2. The van der Waals surface area contributed by atoms with Crippen LogP contribution in [0.4, 0.5) is 0 Å². The Bertz CT molecular complexity index is 773. The largest absolute Gasteiger partial charge is 0.396 e. The molecule has 0 aromatic heterocycles. The number of amides is 2. The van der Waals surface area contributed by atoms with Gasteiger partial charge < -0.3 is 19.8 Å². The number of rotatable bonds is 6. The molecule has 3 aliphatic rings. The Hall–Kier alpha value is -1.57. The van der Waals surface area contributed by atoms with Crippen LogP contribution in [0.2, 0.25) is 0 Å². The monoisotopic (exact) mass is 417 g/mol. The van der Waals surface area contributed by atoms with Crippen LogP contribution in [0.1, 0.15) is 17.5 Å². The number of hydrogen-bond donors (Lipinski definition) is 1. The number of carbonyl (C=O) groups excluding carboxylic acids is 2. The predicted molar refractivity (Wildman–Crippen MR) is 115 cm³/mol. The Labute approximate surface area is 177 Å². The molecule has 1 aromatic carbocycles. The van der Waals surface area contributed by atoms with Gasteiger partial charge in [0.25, 0.3) is 0 Å². The second-order valence-electron chi connectivity index (χ2n) is 8.74. The van der Waals surface area contributed by atoms with E-state index in [1.54, 1.807) is 11.8 Å². The predicted octanol–water partition coefficient (Wildman–Crippen LogP) is 1.08. The Balaban J connectivity index is 1.29. The third-order valence-corrected chi connectivity index (χ3v) is 7.43. The molecule has 2 amide bonds. The van der Waals surface area contributed by atoms with Crippen LogP contribution in [0.25, 0.3) is 0 Å². The van der Waals surface area contributed by atoms with Gasteiger partial charge in [0.2, 0.25) is 11.8 Å². The molecule has 4 rings (SSSR count). The molecule has 2 saturated heterocycles. The zero-order chi connectivity index (χ0) is 20.4. The molecule has 2 atom stereocenters. The lowest BCUT2D eigenvalue weighted by atomic mass is 9.82. The molecule has 0 bridgehead atoms. The van der Waals surface area contributed by atoms with E-state index >= 15 is 0 Å². The number of benzene rings is 1. The average molecular weight is 418 g/mol. The van der Waals surface area contributed by atoms with Crippen molar-refractivity contribution in [2.24, 2.45) is 11.3 Å². The molecular weight excluding hydrogens is 386 g/mol. The number of aliphatic hydroxyl groups is 1. The topological polar surface area (TPSA) is 64.1 Å². The maximum Gasteiger partial charge on any atom is 0.232 e. The van der Waals surface area contributed by atoms with E-state index in [1.165, 1.54) is 11.1 Å². The molecule has 0 radical (unpaired) electrons. The van der Waals surface area contributed by atoms with E-state index in [-0.39, 0.29) is 23.8 Å². The number of hydrogen-bond acceptors (Lipinski definition) is 5. The van der Waals surface area contributed by atoms with Crippen LogP contribution < -0.4 is 0 Å². The maximum atomic E-state index is 12.8. The van der Waals surface area contributed by atoms with Gasteiger partial charge in [-0.25, -0.2) is 0 Å². The summed E-state index contributed by atoms with van der Waals surface area (Å²) in [7, 11) is 0. The molecule has 158 valence electrons. The molecule has 1 N–H and O–H groups in total. The third kappa shape index (κ3) is 4.18. The Morgan fingerprint density at radius 3 is 2.66 bits per heavy atom. The van der Waals surface area contributed by atoms with Crippen molar-refractivity contribution in [1.82, 2.24) is 14.7 Å². The molecule has 0 spiro atoms. The van der Waals surface area contributed by atoms with Crippen LogP contribution >= 0.6 is 11.8 Å². The van der Waals surface area contributed by atoms with E-state index in [9.17, 15) is 14.7 Å². The standard InChI is InChI=1S/C22H31N3O3S/c1-29-13-21(28)25-12-19-11-23(14-22(19,15-25)16-26)8-7-20(27)24-9-6-17-4-2-3-5-18(17)10-24/h2-5,19,26H,6-16H2,1H3. The van der Waals surface area contributed by atoms with Crippen LogP contribution in [0.3, 0.4) is 0 Å². The van der Waals surface area contributed by atoms with Crippen molar-refractivity contribution in [3.8, 4) is 0 Å². The van der Waals surface area contributed by atoms with Crippen molar-refractivity contribution in [2.45, 2.75) is 19.4 Å². The van der Waals surface area contributed by atoms with E-state index < -0.39 is 0 Å². The number of nitrogens with zero attached hydrogens (tertiary/aromatic N) is 3. The van der Waals surface area contributed by atoms with Crippen molar-refractivity contribution >= 4 is 23.6 Å². The average Bonchev–Trinajstić information content (AvgIpc) is 3.26. The van der Waals surface area contributed by atoms with Gasteiger partial charge in [0.1, 0.15) is 0 Å². The summed E-state index contributed by atoms with van der Waals surface area (Å²) >= 11 is 1.55. The summed E-state index contributed by atoms with van der Waals surface area (Å²) in [4.78, 5) is 31.2. The number of aliphatic hydroxyl groups excluding tert-OH is 1. The van der Waals surface area contributed by atoms with Crippen LogP contribution in [0.15, 0.2) is 24.3 Å². The zero-order valence-electron chi connectivity index (χ0n) is 17.2. The second-order valence-corrected chi connectivity index (χ2v) is 9.61. The first-order valence-corrected chi connectivity index (χ1v) is 11.9. The van der Waals surface area contributed by atoms with Gasteiger partial charge in [-0.3, -0.25) is 9.59 Å². The van der Waals surface area contributed by atoms with E-state index in [2.05, 4.69) is 23.1 Å². The number of likely N-dealkylation sites (tertiary alicyclic amines) is 2. The van der Waals surface area contributed by atoms with Gasteiger partial charge in [0, 0.05) is 57.6 Å². The summed E-state index contributed by atoms with van der Waals surface area (Å²) in [6.45, 7) is 5.35. The number of thioether (sulfide) groups is 1. The highest BCUT2D eigenvalue weighted by Gasteiger charge is 2.52. The summed E-state index contributed by atoms with van der Waals surface area (Å²) in [5.41, 5.74) is 2.40. The fourth-order valence-corrected chi connectivity index (χ4v) is 5.64. The van der Waals surface area contributed by atoms with Gasteiger partial charge in [-0.1, -0.05) is 24.3 Å². The molecule has 29 heavy (non-hydrogen) atoms. The summed E-state index contributed by atoms with van der Waals surface area (Å²) in [6, 6.07) is 8.37. The van der Waals surface area contributed by atoms with E-state index in [4.69, 9.17) is 0 Å². The van der Waals surface area contributed by atoms with Crippen LogP contribution in [-0.4, -0.2) is 89.5 Å².